The van der Waals surface area contributed by atoms with Gasteiger partial charge in [-0.25, -0.2) is 9.07 Å². The lowest BCUT2D eigenvalue weighted by molar-refractivity contribution is 0.0559. The summed E-state index contributed by atoms with van der Waals surface area (Å²) in [6, 6.07) is 19.6. The van der Waals surface area contributed by atoms with Crippen LogP contribution in [0.2, 0.25) is 0 Å². The highest BCUT2D eigenvalue weighted by Crippen LogP contribution is 2.28. The molecule has 1 fully saturated rings. The summed E-state index contributed by atoms with van der Waals surface area (Å²) in [7, 11) is 0. The molecule has 0 spiro atoms. The largest absolute Gasteiger partial charge is 0.459 e. The minimum Gasteiger partial charge on any atom is -0.459 e. The predicted molar refractivity (Wildman–Crippen MR) is 118 cm³/mol. The average Bonchev–Trinajstić information content (AvgIpc) is 3.55. The number of rotatable bonds is 6. The third-order valence-corrected chi connectivity index (χ3v) is 5.86. The number of carbonyl (C=O) groups is 1. The lowest BCUT2D eigenvalue weighted by Gasteiger charge is -2.38. The normalized spacial score (nSPS) is 15.5. The van der Waals surface area contributed by atoms with E-state index in [1.807, 2.05) is 18.2 Å². The van der Waals surface area contributed by atoms with Gasteiger partial charge in [-0.2, -0.15) is 0 Å². The van der Waals surface area contributed by atoms with Crippen LogP contribution >= 0.6 is 0 Å². The smallest absolute Gasteiger partial charge is 0.289 e. The highest BCUT2D eigenvalue weighted by atomic mass is 19.1. The second kappa shape index (κ2) is 9.33. The van der Waals surface area contributed by atoms with Gasteiger partial charge in [-0.05, 0) is 45.8 Å². The molecule has 168 valence electrons. The van der Waals surface area contributed by atoms with Crippen LogP contribution in [0, 0.1) is 5.82 Å². The fourth-order valence-electron chi connectivity index (χ4n) is 4.18. The second-order valence-electron chi connectivity index (χ2n) is 7.94. The second-order valence-corrected chi connectivity index (χ2v) is 7.94. The number of piperazine rings is 1. The number of hydrogen-bond acceptors (Lipinski definition) is 6. The van der Waals surface area contributed by atoms with E-state index in [-0.39, 0.29) is 17.8 Å². The van der Waals surface area contributed by atoms with Crippen LogP contribution in [0.5, 0.6) is 0 Å². The molecule has 8 nitrogen and oxygen atoms in total. The summed E-state index contributed by atoms with van der Waals surface area (Å²) in [6.45, 7) is 2.90. The van der Waals surface area contributed by atoms with Gasteiger partial charge in [0, 0.05) is 26.2 Å². The highest BCUT2D eigenvalue weighted by Gasteiger charge is 2.32. The summed E-state index contributed by atoms with van der Waals surface area (Å²) in [4.78, 5) is 16.8. The van der Waals surface area contributed by atoms with Crippen LogP contribution in [0.4, 0.5) is 4.39 Å². The molecule has 0 saturated carbocycles. The van der Waals surface area contributed by atoms with Crippen LogP contribution in [0.1, 0.15) is 33.5 Å². The van der Waals surface area contributed by atoms with Crippen LogP contribution in [0.25, 0.3) is 0 Å². The van der Waals surface area contributed by atoms with Gasteiger partial charge < -0.3 is 9.32 Å². The van der Waals surface area contributed by atoms with Crippen molar-refractivity contribution in [1.82, 2.24) is 30.0 Å². The van der Waals surface area contributed by atoms with Crippen LogP contribution < -0.4 is 0 Å². The van der Waals surface area contributed by atoms with Crippen molar-refractivity contribution in [2.45, 2.75) is 12.6 Å². The molecule has 2 aromatic heterocycles. The Bertz CT molecular complexity index is 1190. The maximum atomic E-state index is 13.3. The van der Waals surface area contributed by atoms with E-state index in [1.165, 1.54) is 18.4 Å². The molecular formula is C24H23FN6O2. The number of benzene rings is 2. The Hall–Kier alpha value is -3.85. The van der Waals surface area contributed by atoms with Gasteiger partial charge in [0.15, 0.2) is 11.6 Å². The van der Waals surface area contributed by atoms with Crippen LogP contribution in [-0.4, -0.2) is 62.1 Å². The van der Waals surface area contributed by atoms with E-state index in [9.17, 15) is 9.18 Å². The van der Waals surface area contributed by atoms with Crippen molar-refractivity contribution < 1.29 is 13.6 Å². The first-order chi connectivity index (χ1) is 16.2. The molecule has 2 aromatic carbocycles. The lowest BCUT2D eigenvalue weighted by Crippen LogP contribution is -2.50. The van der Waals surface area contributed by atoms with Gasteiger partial charge in [0.25, 0.3) is 5.91 Å². The van der Waals surface area contributed by atoms with Crippen molar-refractivity contribution in [1.29, 1.82) is 0 Å². The zero-order valence-electron chi connectivity index (χ0n) is 17.9. The maximum Gasteiger partial charge on any atom is 0.289 e. The molecule has 1 saturated heterocycles. The molecule has 3 heterocycles. The number of carbonyl (C=O) groups excluding carboxylic acids is 1. The molecule has 1 aliphatic rings. The van der Waals surface area contributed by atoms with Crippen molar-refractivity contribution >= 4 is 5.91 Å². The Balaban J connectivity index is 1.39. The SMILES string of the molecule is O=C(c1ccco1)N1CCN([C@@H](c2ccccc2)c2nnnn2Cc2ccc(F)cc2)CC1. The molecule has 9 heteroatoms. The third-order valence-electron chi connectivity index (χ3n) is 5.86. The molecule has 1 aliphatic heterocycles. The minimum absolute atomic E-state index is 0.0999. The Morgan fingerprint density at radius 3 is 2.42 bits per heavy atom. The van der Waals surface area contributed by atoms with Crippen LogP contribution in [0.3, 0.4) is 0 Å². The number of amides is 1. The van der Waals surface area contributed by atoms with Crippen molar-refractivity contribution in [2.24, 2.45) is 0 Å². The monoisotopic (exact) mass is 446 g/mol. The number of nitrogens with zero attached hydrogens (tertiary/aromatic N) is 6. The van der Waals surface area contributed by atoms with E-state index < -0.39 is 0 Å². The summed E-state index contributed by atoms with van der Waals surface area (Å²) in [5.41, 5.74) is 1.98. The fourth-order valence-corrected chi connectivity index (χ4v) is 4.18. The van der Waals surface area contributed by atoms with E-state index in [2.05, 4.69) is 32.6 Å². The molecule has 4 aromatic rings. The maximum absolute atomic E-state index is 13.3. The Labute approximate surface area is 190 Å². The molecule has 1 atom stereocenters. The molecule has 0 bridgehead atoms. The van der Waals surface area contributed by atoms with Gasteiger partial charge in [0.1, 0.15) is 5.82 Å². The zero-order valence-corrected chi connectivity index (χ0v) is 17.9. The molecule has 0 unspecified atom stereocenters. The quantitative estimate of drug-likeness (QED) is 0.453. The molecule has 0 aliphatic carbocycles. The Morgan fingerprint density at radius 2 is 1.73 bits per heavy atom. The van der Waals surface area contributed by atoms with Crippen molar-refractivity contribution in [3.63, 3.8) is 0 Å². The van der Waals surface area contributed by atoms with Gasteiger partial charge in [-0.1, -0.05) is 42.5 Å². The van der Waals surface area contributed by atoms with Crippen molar-refractivity contribution in [3.8, 4) is 0 Å². The highest BCUT2D eigenvalue weighted by molar-refractivity contribution is 5.91. The topological polar surface area (TPSA) is 80.3 Å². The first-order valence-electron chi connectivity index (χ1n) is 10.8. The van der Waals surface area contributed by atoms with Gasteiger partial charge >= 0.3 is 0 Å². The molecule has 0 N–H and O–H groups in total. The summed E-state index contributed by atoms with van der Waals surface area (Å²) < 4.78 is 20.4. The standard InChI is InChI=1S/C24H23FN6O2/c25-20-10-8-18(9-11-20)17-31-23(26-27-28-31)22(19-5-2-1-3-6-19)29-12-14-30(15-13-29)24(32)21-7-4-16-33-21/h1-11,16,22H,12-15,17H2/t22-/m0/s1. The van der Waals surface area contributed by atoms with E-state index in [0.29, 0.717) is 44.3 Å². The van der Waals surface area contributed by atoms with E-state index in [4.69, 9.17) is 4.42 Å². The van der Waals surface area contributed by atoms with E-state index >= 15 is 0 Å². The molecule has 5 rings (SSSR count). The van der Waals surface area contributed by atoms with E-state index in [0.717, 1.165) is 11.1 Å². The summed E-state index contributed by atoms with van der Waals surface area (Å²) >= 11 is 0. The zero-order chi connectivity index (χ0) is 22.6. The first kappa shape index (κ1) is 21.0. The van der Waals surface area contributed by atoms with Crippen molar-refractivity contribution in [3.05, 3.63) is 102 Å². The third kappa shape index (κ3) is 4.54. The lowest BCUT2D eigenvalue weighted by atomic mass is 10.0. The molecule has 0 radical (unpaired) electrons. The number of tetrazole rings is 1. The Morgan fingerprint density at radius 1 is 0.970 bits per heavy atom. The first-order valence-corrected chi connectivity index (χ1v) is 10.8. The van der Waals surface area contributed by atoms with Gasteiger partial charge in [0.2, 0.25) is 0 Å². The Kier molecular flexibility index (Phi) is 5.95. The molecule has 1 amide bonds. The van der Waals surface area contributed by atoms with Gasteiger partial charge in [-0.3, -0.25) is 9.69 Å². The summed E-state index contributed by atoms with van der Waals surface area (Å²) in [6.07, 6.45) is 1.51. The number of furan rings is 1. The average molecular weight is 446 g/mol. The van der Waals surface area contributed by atoms with Crippen LogP contribution in [0.15, 0.2) is 77.4 Å². The number of hydrogen-bond donors (Lipinski definition) is 0. The van der Waals surface area contributed by atoms with Gasteiger partial charge in [-0.15, -0.1) is 5.10 Å². The minimum atomic E-state index is -0.278. The molecular weight excluding hydrogens is 423 g/mol. The van der Waals surface area contributed by atoms with Gasteiger partial charge in [0.05, 0.1) is 18.8 Å². The fraction of sp³-hybridized carbons (Fsp3) is 0.250. The van der Waals surface area contributed by atoms with E-state index in [1.54, 1.807) is 33.8 Å². The number of halogens is 1. The van der Waals surface area contributed by atoms with Crippen molar-refractivity contribution in [2.75, 3.05) is 26.2 Å². The summed E-state index contributed by atoms with van der Waals surface area (Å²) in [5.74, 6) is 0.680. The number of aromatic nitrogens is 4. The predicted octanol–water partition coefficient (Wildman–Crippen LogP) is 3.00. The molecule has 33 heavy (non-hydrogen) atoms. The summed E-state index contributed by atoms with van der Waals surface area (Å²) in [5, 5.41) is 12.5. The van der Waals surface area contributed by atoms with Crippen LogP contribution in [-0.2, 0) is 6.54 Å².